The van der Waals surface area contributed by atoms with Crippen LogP contribution in [0.4, 0.5) is 5.69 Å². The fourth-order valence-corrected chi connectivity index (χ4v) is 5.73. The molecule has 0 saturated carbocycles. The molecule has 2 amide bonds. The van der Waals surface area contributed by atoms with Crippen molar-refractivity contribution >= 4 is 39.1 Å². The quantitative estimate of drug-likeness (QED) is 0.710. The lowest BCUT2D eigenvalue weighted by Crippen LogP contribution is -2.47. The molecular formula is C22H24ClN3O5S. The Kier molecular flexibility index (Phi) is 6.52. The Balaban J connectivity index is 1.55. The number of ether oxygens (including phenoxy) is 1. The summed E-state index contributed by atoms with van der Waals surface area (Å²) in [6.07, 6.45) is 0.232. The minimum Gasteiger partial charge on any atom is -0.379 e. The van der Waals surface area contributed by atoms with Gasteiger partial charge in [-0.15, -0.1) is 0 Å². The first kappa shape index (κ1) is 22.7. The highest BCUT2D eigenvalue weighted by molar-refractivity contribution is 7.89. The Morgan fingerprint density at radius 3 is 2.56 bits per heavy atom. The number of benzene rings is 2. The predicted molar refractivity (Wildman–Crippen MR) is 120 cm³/mol. The Morgan fingerprint density at radius 1 is 1.16 bits per heavy atom. The van der Waals surface area contributed by atoms with E-state index in [1.165, 1.54) is 22.2 Å². The van der Waals surface area contributed by atoms with E-state index in [0.717, 1.165) is 5.56 Å². The van der Waals surface area contributed by atoms with Crippen LogP contribution in [-0.2, 0) is 37.3 Å². The summed E-state index contributed by atoms with van der Waals surface area (Å²) in [4.78, 5) is 26.9. The molecule has 1 atom stereocenters. The predicted octanol–water partition coefficient (Wildman–Crippen LogP) is 1.95. The summed E-state index contributed by atoms with van der Waals surface area (Å²) in [6, 6.07) is 11.1. The van der Waals surface area contributed by atoms with Crippen molar-refractivity contribution in [3.63, 3.8) is 0 Å². The Bertz CT molecular complexity index is 1150. The number of nitrogens with zero attached hydrogens (tertiary/aromatic N) is 2. The number of nitrogens with one attached hydrogen (secondary N) is 1. The number of halogens is 1. The van der Waals surface area contributed by atoms with Crippen LogP contribution in [0.25, 0.3) is 0 Å². The number of morpholine rings is 1. The highest BCUT2D eigenvalue weighted by Crippen LogP contribution is 2.35. The molecule has 32 heavy (non-hydrogen) atoms. The maximum absolute atomic E-state index is 13.0. The number of hydrogen-bond acceptors (Lipinski definition) is 5. The van der Waals surface area contributed by atoms with Crippen molar-refractivity contribution in [2.45, 2.75) is 30.8 Å². The lowest BCUT2D eigenvalue weighted by molar-refractivity contribution is -0.125. The van der Waals surface area contributed by atoms with Crippen LogP contribution in [0.5, 0.6) is 0 Å². The molecule has 2 aromatic rings. The van der Waals surface area contributed by atoms with Crippen LogP contribution in [0, 0.1) is 0 Å². The zero-order valence-corrected chi connectivity index (χ0v) is 19.2. The fourth-order valence-electron chi connectivity index (χ4n) is 4.07. The van der Waals surface area contributed by atoms with Crippen molar-refractivity contribution in [2.24, 2.45) is 0 Å². The maximum Gasteiger partial charge on any atom is 0.243 e. The van der Waals surface area contributed by atoms with Crippen LogP contribution in [0.1, 0.15) is 18.1 Å². The molecule has 2 aliphatic heterocycles. The molecule has 1 fully saturated rings. The lowest BCUT2D eigenvalue weighted by Gasteiger charge is -2.26. The van der Waals surface area contributed by atoms with Crippen molar-refractivity contribution in [1.29, 1.82) is 0 Å². The van der Waals surface area contributed by atoms with Crippen LogP contribution in [0.3, 0.4) is 0 Å². The van der Waals surface area contributed by atoms with Gasteiger partial charge in [0.25, 0.3) is 0 Å². The molecule has 8 nitrogen and oxygen atoms in total. The highest BCUT2D eigenvalue weighted by Gasteiger charge is 2.38. The maximum atomic E-state index is 13.0. The van der Waals surface area contributed by atoms with E-state index < -0.39 is 16.1 Å². The SMILES string of the molecule is CC(=O)N1c2ccc(S(=O)(=O)N3CCOCC3)cc2C[C@H]1C(=O)NCc1ccccc1Cl. The first-order chi connectivity index (χ1) is 15.3. The van der Waals surface area contributed by atoms with Gasteiger partial charge in [-0.25, -0.2) is 8.42 Å². The standard InChI is InChI=1S/C22H24ClN3O5S/c1-15(27)26-20-7-6-18(32(29,30)25-8-10-31-11-9-25)12-17(20)13-21(26)22(28)24-14-16-4-2-3-5-19(16)23/h2-7,12,21H,8-11,13-14H2,1H3,(H,24,28)/t21-/m0/s1. The van der Waals surface area contributed by atoms with Crippen molar-refractivity contribution < 1.29 is 22.7 Å². The number of carbonyl (C=O) groups is 2. The van der Waals surface area contributed by atoms with Gasteiger partial charge in [0.1, 0.15) is 6.04 Å². The van der Waals surface area contributed by atoms with E-state index in [-0.39, 0.29) is 29.7 Å². The molecule has 2 aliphatic rings. The van der Waals surface area contributed by atoms with Gasteiger partial charge >= 0.3 is 0 Å². The van der Waals surface area contributed by atoms with Crippen molar-refractivity contribution in [3.05, 3.63) is 58.6 Å². The fraction of sp³-hybridized carbons (Fsp3) is 0.364. The monoisotopic (exact) mass is 477 g/mol. The summed E-state index contributed by atoms with van der Waals surface area (Å²) in [5.74, 6) is -0.612. The number of fused-ring (bicyclic) bond motifs is 1. The second-order valence-electron chi connectivity index (χ2n) is 7.73. The molecule has 0 bridgehead atoms. The highest BCUT2D eigenvalue weighted by atomic mass is 35.5. The van der Waals surface area contributed by atoms with Crippen LogP contribution in [0.15, 0.2) is 47.4 Å². The van der Waals surface area contributed by atoms with E-state index in [4.69, 9.17) is 16.3 Å². The third kappa shape index (κ3) is 4.38. The summed E-state index contributed by atoms with van der Waals surface area (Å²) >= 11 is 6.16. The zero-order chi connectivity index (χ0) is 22.9. The minimum atomic E-state index is -3.68. The van der Waals surface area contributed by atoms with Crippen LogP contribution >= 0.6 is 11.6 Å². The van der Waals surface area contributed by atoms with Gasteiger partial charge in [-0.2, -0.15) is 4.31 Å². The van der Waals surface area contributed by atoms with E-state index in [2.05, 4.69) is 5.32 Å². The van der Waals surface area contributed by atoms with Gasteiger partial charge in [0, 0.05) is 43.7 Å². The number of hydrogen-bond donors (Lipinski definition) is 1. The van der Waals surface area contributed by atoms with Crippen molar-refractivity contribution in [2.75, 3.05) is 31.2 Å². The first-order valence-corrected chi connectivity index (χ1v) is 12.1. The molecule has 2 heterocycles. The molecule has 2 aromatic carbocycles. The van der Waals surface area contributed by atoms with E-state index in [1.807, 2.05) is 12.1 Å². The van der Waals surface area contributed by atoms with Gasteiger partial charge in [0.05, 0.1) is 18.1 Å². The van der Waals surface area contributed by atoms with Crippen LogP contribution in [-0.4, -0.2) is 56.9 Å². The Labute approximate surface area is 192 Å². The van der Waals surface area contributed by atoms with E-state index >= 15 is 0 Å². The van der Waals surface area contributed by atoms with Gasteiger partial charge in [0.15, 0.2) is 0 Å². The molecule has 10 heteroatoms. The minimum absolute atomic E-state index is 0.152. The normalized spacial score (nSPS) is 18.9. The number of anilines is 1. The van der Waals surface area contributed by atoms with Crippen molar-refractivity contribution in [3.8, 4) is 0 Å². The second kappa shape index (κ2) is 9.19. The summed E-state index contributed by atoms with van der Waals surface area (Å²) in [5.41, 5.74) is 1.97. The van der Waals surface area contributed by atoms with E-state index in [9.17, 15) is 18.0 Å². The van der Waals surface area contributed by atoms with E-state index in [0.29, 0.717) is 42.6 Å². The van der Waals surface area contributed by atoms with Crippen molar-refractivity contribution in [1.82, 2.24) is 9.62 Å². The molecule has 4 rings (SSSR count). The summed E-state index contributed by atoms with van der Waals surface area (Å²) < 4.78 is 32.7. The molecule has 0 aromatic heterocycles. The molecule has 0 spiro atoms. The lowest BCUT2D eigenvalue weighted by atomic mass is 10.1. The summed E-state index contributed by atoms with van der Waals surface area (Å²) in [7, 11) is -3.68. The summed E-state index contributed by atoms with van der Waals surface area (Å²) in [6.45, 7) is 2.93. The Morgan fingerprint density at radius 2 is 1.88 bits per heavy atom. The van der Waals surface area contributed by atoms with Crippen LogP contribution < -0.4 is 10.2 Å². The second-order valence-corrected chi connectivity index (χ2v) is 10.1. The zero-order valence-electron chi connectivity index (χ0n) is 17.6. The summed E-state index contributed by atoms with van der Waals surface area (Å²) in [5, 5.41) is 3.39. The molecule has 1 saturated heterocycles. The number of rotatable bonds is 5. The average Bonchev–Trinajstić information content (AvgIpc) is 3.18. The molecule has 0 radical (unpaired) electrons. The average molecular weight is 478 g/mol. The largest absolute Gasteiger partial charge is 0.379 e. The number of carbonyl (C=O) groups excluding carboxylic acids is 2. The molecule has 0 aliphatic carbocycles. The van der Waals surface area contributed by atoms with Crippen LogP contribution in [0.2, 0.25) is 5.02 Å². The smallest absolute Gasteiger partial charge is 0.243 e. The van der Waals surface area contributed by atoms with Gasteiger partial charge in [0.2, 0.25) is 21.8 Å². The third-order valence-corrected chi connectivity index (χ3v) is 7.96. The number of sulfonamides is 1. The van der Waals surface area contributed by atoms with Gasteiger partial charge < -0.3 is 10.1 Å². The first-order valence-electron chi connectivity index (χ1n) is 10.3. The molecule has 170 valence electrons. The number of amides is 2. The molecular weight excluding hydrogens is 454 g/mol. The topological polar surface area (TPSA) is 96.0 Å². The van der Waals surface area contributed by atoms with E-state index in [1.54, 1.807) is 24.3 Å². The molecule has 0 unspecified atom stereocenters. The third-order valence-electron chi connectivity index (χ3n) is 5.70. The van der Waals surface area contributed by atoms with Gasteiger partial charge in [-0.05, 0) is 35.4 Å². The van der Waals surface area contributed by atoms with Gasteiger partial charge in [-0.1, -0.05) is 29.8 Å². The Hall–Kier alpha value is -2.46. The van der Waals surface area contributed by atoms with Gasteiger partial charge in [-0.3, -0.25) is 14.5 Å². The molecule has 1 N–H and O–H groups in total.